The van der Waals surface area contributed by atoms with Crippen LogP contribution >= 0.6 is 34.3 Å². The summed E-state index contributed by atoms with van der Waals surface area (Å²) in [6, 6.07) is 13.5. The first kappa shape index (κ1) is 15.3. The minimum atomic E-state index is 0.00307. The van der Waals surface area contributed by atoms with E-state index in [1.807, 2.05) is 60.1 Å². The van der Waals surface area contributed by atoms with Crippen LogP contribution in [0, 0.1) is 6.92 Å². The molecule has 0 bridgehead atoms. The van der Waals surface area contributed by atoms with E-state index in [4.69, 9.17) is 11.6 Å². The predicted octanol–water partition coefficient (Wildman–Crippen LogP) is 5.62. The van der Waals surface area contributed by atoms with E-state index >= 15 is 0 Å². The number of carbonyl (C=O) groups is 1. The third kappa shape index (κ3) is 3.24. The molecular weight excluding hydrogens is 334 g/mol. The van der Waals surface area contributed by atoms with Gasteiger partial charge in [0.15, 0.2) is 0 Å². The van der Waals surface area contributed by atoms with Crippen LogP contribution in [0.4, 0.5) is 5.69 Å². The predicted molar refractivity (Wildman–Crippen MR) is 95.3 cm³/mol. The molecule has 2 aromatic heterocycles. The third-order valence-corrected chi connectivity index (χ3v) is 5.46. The number of anilines is 1. The van der Waals surface area contributed by atoms with Crippen LogP contribution in [-0.4, -0.2) is 5.91 Å². The highest BCUT2D eigenvalue weighted by Gasteiger charge is 2.20. The number of carbonyl (C=O) groups excluding carboxylic acids is 1. The number of amides is 1. The Balaban J connectivity index is 1.98. The van der Waals surface area contributed by atoms with Crippen LogP contribution in [0.25, 0.3) is 0 Å². The van der Waals surface area contributed by atoms with Crippen LogP contribution in [0.2, 0.25) is 5.02 Å². The van der Waals surface area contributed by atoms with Crippen LogP contribution in [0.5, 0.6) is 0 Å². The molecule has 1 aromatic carbocycles. The first-order chi connectivity index (χ1) is 10.6. The Kier molecular flexibility index (Phi) is 4.62. The van der Waals surface area contributed by atoms with Gasteiger partial charge < -0.3 is 4.90 Å². The van der Waals surface area contributed by atoms with E-state index in [1.165, 1.54) is 11.3 Å². The number of aryl methyl sites for hydroxylation is 1. The number of halogens is 1. The van der Waals surface area contributed by atoms with Crippen molar-refractivity contribution in [3.05, 3.63) is 73.6 Å². The molecule has 0 aliphatic carbocycles. The summed E-state index contributed by atoms with van der Waals surface area (Å²) in [5.41, 5.74) is 1.83. The summed E-state index contributed by atoms with van der Waals surface area (Å²) in [4.78, 5) is 16.5. The van der Waals surface area contributed by atoms with Crippen molar-refractivity contribution in [1.29, 1.82) is 0 Å². The molecule has 0 fully saturated rings. The molecular formula is C17H14ClNOS2. The van der Waals surface area contributed by atoms with Crippen molar-refractivity contribution < 1.29 is 4.79 Å². The number of thiophene rings is 2. The smallest absolute Gasteiger partial charge is 0.268 e. The Morgan fingerprint density at radius 1 is 1.14 bits per heavy atom. The first-order valence-electron chi connectivity index (χ1n) is 6.79. The summed E-state index contributed by atoms with van der Waals surface area (Å²) in [5.74, 6) is 0.00307. The molecule has 1 amide bonds. The molecule has 5 heteroatoms. The van der Waals surface area contributed by atoms with Crippen LogP contribution in [-0.2, 0) is 6.54 Å². The number of hydrogen-bond donors (Lipinski definition) is 0. The van der Waals surface area contributed by atoms with Crippen molar-refractivity contribution in [3.8, 4) is 0 Å². The topological polar surface area (TPSA) is 20.3 Å². The average Bonchev–Trinajstić information content (AvgIpc) is 3.20. The summed E-state index contributed by atoms with van der Waals surface area (Å²) in [5, 5.41) is 4.61. The van der Waals surface area contributed by atoms with E-state index in [1.54, 1.807) is 16.2 Å². The number of hydrogen-bond acceptors (Lipinski definition) is 3. The van der Waals surface area contributed by atoms with Gasteiger partial charge in [-0.3, -0.25) is 4.79 Å². The molecule has 3 rings (SSSR count). The van der Waals surface area contributed by atoms with Gasteiger partial charge in [-0.2, -0.15) is 0 Å². The second-order valence-corrected chi connectivity index (χ2v) is 7.27. The quantitative estimate of drug-likeness (QED) is 0.600. The zero-order chi connectivity index (χ0) is 15.5. The van der Waals surface area contributed by atoms with Crippen molar-refractivity contribution in [1.82, 2.24) is 0 Å². The summed E-state index contributed by atoms with van der Waals surface area (Å²) >= 11 is 9.33. The fourth-order valence-electron chi connectivity index (χ4n) is 2.12. The van der Waals surface area contributed by atoms with E-state index in [0.717, 1.165) is 21.0 Å². The van der Waals surface area contributed by atoms with Crippen LogP contribution in [0.15, 0.2) is 53.2 Å². The molecule has 0 atom stereocenters. The fraction of sp³-hybridized carbons (Fsp3) is 0.118. The zero-order valence-electron chi connectivity index (χ0n) is 12.0. The Morgan fingerprint density at radius 3 is 2.55 bits per heavy atom. The normalized spacial score (nSPS) is 10.6. The van der Waals surface area contributed by atoms with Crippen molar-refractivity contribution in [2.24, 2.45) is 0 Å². The second-order valence-electron chi connectivity index (χ2n) is 4.88. The van der Waals surface area contributed by atoms with Crippen molar-refractivity contribution in [2.75, 3.05) is 4.90 Å². The summed E-state index contributed by atoms with van der Waals surface area (Å²) in [6.45, 7) is 2.50. The monoisotopic (exact) mass is 347 g/mol. The van der Waals surface area contributed by atoms with E-state index in [9.17, 15) is 4.79 Å². The van der Waals surface area contributed by atoms with Crippen molar-refractivity contribution >= 4 is 45.9 Å². The van der Waals surface area contributed by atoms with Crippen LogP contribution in [0.3, 0.4) is 0 Å². The Morgan fingerprint density at radius 2 is 1.91 bits per heavy atom. The van der Waals surface area contributed by atoms with E-state index in [-0.39, 0.29) is 5.91 Å². The standard InChI is InChI=1S/C17H14ClNOS2/c1-12-6-7-13(10-15(12)18)19(11-14-4-2-8-21-14)17(20)16-5-3-9-22-16/h2-10H,11H2,1H3. The van der Waals surface area contributed by atoms with Crippen molar-refractivity contribution in [2.45, 2.75) is 13.5 Å². The van der Waals surface area contributed by atoms with Crippen LogP contribution < -0.4 is 4.90 Å². The minimum Gasteiger partial charge on any atom is -0.302 e. The molecule has 0 saturated heterocycles. The van der Waals surface area contributed by atoms with Gasteiger partial charge in [-0.05, 0) is 47.5 Å². The lowest BCUT2D eigenvalue weighted by Gasteiger charge is -2.22. The van der Waals surface area contributed by atoms with Gasteiger partial charge in [0.05, 0.1) is 11.4 Å². The molecule has 2 heterocycles. The average molecular weight is 348 g/mol. The molecule has 0 N–H and O–H groups in total. The molecule has 0 aliphatic rings. The zero-order valence-corrected chi connectivity index (χ0v) is 14.3. The lowest BCUT2D eigenvalue weighted by atomic mass is 10.2. The van der Waals surface area contributed by atoms with Gasteiger partial charge in [-0.1, -0.05) is 29.8 Å². The number of nitrogens with zero attached hydrogens (tertiary/aromatic N) is 1. The highest BCUT2D eigenvalue weighted by molar-refractivity contribution is 7.12. The summed E-state index contributed by atoms with van der Waals surface area (Å²) < 4.78 is 0. The lowest BCUT2D eigenvalue weighted by molar-refractivity contribution is 0.0989. The van der Waals surface area contributed by atoms with Gasteiger partial charge >= 0.3 is 0 Å². The molecule has 0 unspecified atom stereocenters. The first-order valence-corrected chi connectivity index (χ1v) is 8.93. The van der Waals surface area contributed by atoms with E-state index in [0.29, 0.717) is 11.6 Å². The molecule has 0 radical (unpaired) electrons. The maximum Gasteiger partial charge on any atom is 0.268 e. The Bertz CT molecular complexity index is 766. The van der Waals surface area contributed by atoms with Gasteiger partial charge in [0.25, 0.3) is 5.91 Å². The number of rotatable bonds is 4. The van der Waals surface area contributed by atoms with Gasteiger partial charge in [0.1, 0.15) is 0 Å². The molecule has 112 valence electrons. The largest absolute Gasteiger partial charge is 0.302 e. The van der Waals surface area contributed by atoms with Gasteiger partial charge in [-0.25, -0.2) is 0 Å². The number of benzene rings is 1. The lowest BCUT2D eigenvalue weighted by Crippen LogP contribution is -2.29. The van der Waals surface area contributed by atoms with Crippen molar-refractivity contribution in [3.63, 3.8) is 0 Å². The van der Waals surface area contributed by atoms with E-state index < -0.39 is 0 Å². The molecule has 2 nitrogen and oxygen atoms in total. The fourth-order valence-corrected chi connectivity index (χ4v) is 3.66. The molecule has 0 saturated carbocycles. The molecule has 3 aromatic rings. The highest BCUT2D eigenvalue weighted by Crippen LogP contribution is 2.27. The Hall–Kier alpha value is -1.62. The third-order valence-electron chi connectivity index (χ3n) is 3.34. The summed E-state index contributed by atoms with van der Waals surface area (Å²) in [7, 11) is 0. The van der Waals surface area contributed by atoms with Crippen LogP contribution in [0.1, 0.15) is 20.1 Å². The van der Waals surface area contributed by atoms with E-state index in [2.05, 4.69) is 0 Å². The minimum absolute atomic E-state index is 0.00307. The molecule has 0 spiro atoms. The second kappa shape index (κ2) is 6.65. The molecule has 22 heavy (non-hydrogen) atoms. The molecule has 0 aliphatic heterocycles. The Labute approximate surface area is 142 Å². The SMILES string of the molecule is Cc1ccc(N(Cc2cccs2)C(=O)c2cccs2)cc1Cl. The van der Waals surface area contributed by atoms with Gasteiger partial charge in [-0.15, -0.1) is 22.7 Å². The maximum absolute atomic E-state index is 12.8. The van der Waals surface area contributed by atoms with Gasteiger partial charge in [0.2, 0.25) is 0 Å². The van der Waals surface area contributed by atoms with Gasteiger partial charge in [0, 0.05) is 15.6 Å². The summed E-state index contributed by atoms with van der Waals surface area (Å²) in [6.07, 6.45) is 0. The highest BCUT2D eigenvalue weighted by atomic mass is 35.5. The maximum atomic E-state index is 12.8.